The first-order valence-corrected chi connectivity index (χ1v) is 7.34. The minimum Gasteiger partial charge on any atom is -0.436 e. The molecule has 0 aliphatic carbocycles. The predicted molar refractivity (Wildman–Crippen MR) is 90.9 cm³/mol. The first-order valence-electron chi connectivity index (χ1n) is 7.34. The third-order valence-electron chi connectivity index (χ3n) is 3.89. The summed E-state index contributed by atoms with van der Waals surface area (Å²) in [5.41, 5.74) is 3.94. The molecule has 0 amide bonds. The van der Waals surface area contributed by atoms with Crippen molar-refractivity contribution in [1.29, 1.82) is 0 Å². The lowest BCUT2D eigenvalue weighted by Crippen LogP contribution is -1.90. The van der Waals surface area contributed by atoms with Gasteiger partial charge in [0.1, 0.15) is 5.52 Å². The standard InChI is InChI=1S/C20H15NO/c1-2-7-15-13-12-14-8-3-4-9-16(14)19(15)20-21-17-10-5-6-11-18(17)22-20/h2-6,8-13H,1,7H2. The summed E-state index contributed by atoms with van der Waals surface area (Å²) in [5.74, 6) is 0.676. The summed E-state index contributed by atoms with van der Waals surface area (Å²) in [4.78, 5) is 4.68. The minimum atomic E-state index is 0.676. The summed E-state index contributed by atoms with van der Waals surface area (Å²) in [6.45, 7) is 3.86. The van der Waals surface area contributed by atoms with Gasteiger partial charge in [-0.15, -0.1) is 6.58 Å². The summed E-state index contributed by atoms with van der Waals surface area (Å²) in [6, 6.07) is 20.5. The molecule has 0 radical (unpaired) electrons. The third-order valence-corrected chi connectivity index (χ3v) is 3.89. The van der Waals surface area contributed by atoms with Gasteiger partial charge in [-0.2, -0.15) is 0 Å². The molecule has 4 aromatic rings. The number of hydrogen-bond donors (Lipinski definition) is 0. The van der Waals surface area contributed by atoms with Gasteiger partial charge in [-0.1, -0.05) is 54.6 Å². The second kappa shape index (κ2) is 5.15. The number of benzene rings is 3. The van der Waals surface area contributed by atoms with Gasteiger partial charge in [-0.05, 0) is 34.9 Å². The van der Waals surface area contributed by atoms with Crippen LogP contribution in [0.5, 0.6) is 0 Å². The van der Waals surface area contributed by atoms with Gasteiger partial charge in [0.15, 0.2) is 5.58 Å². The van der Waals surface area contributed by atoms with Gasteiger partial charge in [0, 0.05) is 5.56 Å². The van der Waals surface area contributed by atoms with Crippen molar-refractivity contribution in [2.24, 2.45) is 0 Å². The molecule has 0 spiro atoms. The Morgan fingerprint density at radius 2 is 1.77 bits per heavy atom. The van der Waals surface area contributed by atoms with E-state index in [1.807, 2.05) is 42.5 Å². The van der Waals surface area contributed by atoms with Gasteiger partial charge in [-0.3, -0.25) is 0 Å². The highest BCUT2D eigenvalue weighted by atomic mass is 16.3. The SMILES string of the molecule is C=CCc1ccc2ccccc2c1-c1nc2ccccc2o1. The van der Waals surface area contributed by atoms with Crippen LogP contribution in [-0.4, -0.2) is 4.98 Å². The lowest BCUT2D eigenvalue weighted by Gasteiger charge is -2.09. The highest BCUT2D eigenvalue weighted by Gasteiger charge is 2.15. The molecule has 0 saturated carbocycles. The van der Waals surface area contributed by atoms with Crippen molar-refractivity contribution in [3.8, 4) is 11.5 Å². The van der Waals surface area contributed by atoms with Crippen LogP contribution in [0.1, 0.15) is 5.56 Å². The van der Waals surface area contributed by atoms with Crippen LogP contribution in [0.15, 0.2) is 77.7 Å². The van der Waals surface area contributed by atoms with E-state index in [1.54, 1.807) is 0 Å². The predicted octanol–water partition coefficient (Wildman–Crippen LogP) is 5.38. The molecular formula is C20H15NO. The van der Waals surface area contributed by atoms with Crippen molar-refractivity contribution in [1.82, 2.24) is 4.98 Å². The first-order chi connectivity index (χ1) is 10.9. The maximum absolute atomic E-state index is 6.00. The van der Waals surface area contributed by atoms with Gasteiger partial charge in [0.05, 0.1) is 0 Å². The van der Waals surface area contributed by atoms with Crippen LogP contribution in [0.4, 0.5) is 0 Å². The smallest absolute Gasteiger partial charge is 0.228 e. The van der Waals surface area contributed by atoms with Crippen LogP contribution >= 0.6 is 0 Å². The molecular weight excluding hydrogens is 270 g/mol. The Hall–Kier alpha value is -2.87. The van der Waals surface area contributed by atoms with E-state index in [0.717, 1.165) is 28.5 Å². The fourth-order valence-corrected chi connectivity index (χ4v) is 2.87. The number of fused-ring (bicyclic) bond motifs is 2. The lowest BCUT2D eigenvalue weighted by molar-refractivity contribution is 0.620. The Morgan fingerprint density at radius 1 is 0.955 bits per heavy atom. The number of rotatable bonds is 3. The Labute approximate surface area is 128 Å². The van der Waals surface area contributed by atoms with Gasteiger partial charge in [0.25, 0.3) is 0 Å². The maximum atomic E-state index is 6.00. The second-order valence-electron chi connectivity index (χ2n) is 5.30. The van der Waals surface area contributed by atoms with Crippen LogP contribution < -0.4 is 0 Å². The van der Waals surface area contributed by atoms with Crippen LogP contribution in [-0.2, 0) is 6.42 Å². The largest absolute Gasteiger partial charge is 0.436 e. The average Bonchev–Trinajstić information content (AvgIpc) is 2.98. The van der Waals surface area contributed by atoms with Crippen molar-refractivity contribution in [2.75, 3.05) is 0 Å². The molecule has 0 saturated heterocycles. The van der Waals surface area contributed by atoms with E-state index >= 15 is 0 Å². The van der Waals surface area contributed by atoms with E-state index in [2.05, 4.69) is 35.8 Å². The highest BCUT2D eigenvalue weighted by molar-refractivity contribution is 5.97. The molecule has 0 aliphatic heterocycles. The number of nitrogens with zero attached hydrogens (tertiary/aromatic N) is 1. The van der Waals surface area contributed by atoms with E-state index in [4.69, 9.17) is 4.42 Å². The van der Waals surface area contributed by atoms with Crippen LogP contribution in [0.25, 0.3) is 33.3 Å². The van der Waals surface area contributed by atoms with Crippen LogP contribution in [0, 0.1) is 0 Å². The van der Waals surface area contributed by atoms with E-state index in [1.165, 1.54) is 10.9 Å². The lowest BCUT2D eigenvalue weighted by atomic mass is 9.97. The Kier molecular flexibility index (Phi) is 3.01. The molecule has 0 unspecified atom stereocenters. The summed E-state index contributed by atoms with van der Waals surface area (Å²) in [5, 5.41) is 2.35. The molecule has 0 fully saturated rings. The molecule has 2 heteroatoms. The normalized spacial score (nSPS) is 11.1. The molecule has 106 valence electrons. The van der Waals surface area contributed by atoms with Crippen molar-refractivity contribution in [3.63, 3.8) is 0 Å². The van der Waals surface area contributed by atoms with Crippen molar-refractivity contribution in [3.05, 3.63) is 78.9 Å². The molecule has 2 nitrogen and oxygen atoms in total. The van der Waals surface area contributed by atoms with Gasteiger partial charge >= 0.3 is 0 Å². The first kappa shape index (κ1) is 12.8. The zero-order chi connectivity index (χ0) is 14.9. The van der Waals surface area contributed by atoms with E-state index < -0.39 is 0 Å². The van der Waals surface area contributed by atoms with E-state index in [0.29, 0.717) is 5.89 Å². The van der Waals surface area contributed by atoms with E-state index in [-0.39, 0.29) is 0 Å². The number of para-hydroxylation sites is 2. The third kappa shape index (κ3) is 2.01. The zero-order valence-corrected chi connectivity index (χ0v) is 12.1. The molecule has 0 aliphatic rings. The van der Waals surface area contributed by atoms with Crippen molar-refractivity contribution < 1.29 is 4.42 Å². The number of allylic oxidation sites excluding steroid dienone is 1. The Balaban J connectivity index is 2.06. The highest BCUT2D eigenvalue weighted by Crippen LogP contribution is 2.34. The van der Waals surface area contributed by atoms with Crippen LogP contribution in [0.3, 0.4) is 0 Å². The fraction of sp³-hybridized carbons (Fsp3) is 0.0500. The quantitative estimate of drug-likeness (QED) is 0.472. The number of oxazole rings is 1. The Bertz CT molecular complexity index is 948. The molecule has 0 atom stereocenters. The fourth-order valence-electron chi connectivity index (χ4n) is 2.87. The number of aromatic nitrogens is 1. The molecule has 4 rings (SSSR count). The average molecular weight is 285 g/mol. The Morgan fingerprint density at radius 3 is 2.64 bits per heavy atom. The summed E-state index contributed by atoms with van der Waals surface area (Å²) < 4.78 is 6.00. The van der Waals surface area contributed by atoms with Crippen molar-refractivity contribution >= 4 is 21.9 Å². The summed E-state index contributed by atoms with van der Waals surface area (Å²) >= 11 is 0. The molecule has 22 heavy (non-hydrogen) atoms. The minimum absolute atomic E-state index is 0.676. The van der Waals surface area contributed by atoms with Gasteiger partial charge in [0.2, 0.25) is 5.89 Å². The van der Waals surface area contributed by atoms with Crippen LogP contribution in [0.2, 0.25) is 0 Å². The van der Waals surface area contributed by atoms with E-state index in [9.17, 15) is 0 Å². The molecule has 0 bridgehead atoms. The van der Waals surface area contributed by atoms with Gasteiger partial charge in [-0.25, -0.2) is 4.98 Å². The molecule has 0 N–H and O–H groups in total. The zero-order valence-electron chi connectivity index (χ0n) is 12.1. The second-order valence-corrected chi connectivity index (χ2v) is 5.30. The summed E-state index contributed by atoms with van der Waals surface area (Å²) in [6.07, 6.45) is 2.70. The molecule has 3 aromatic carbocycles. The topological polar surface area (TPSA) is 26.0 Å². The summed E-state index contributed by atoms with van der Waals surface area (Å²) in [7, 11) is 0. The molecule has 1 heterocycles. The van der Waals surface area contributed by atoms with Gasteiger partial charge < -0.3 is 4.42 Å². The monoisotopic (exact) mass is 285 g/mol. The molecule has 1 aromatic heterocycles. The van der Waals surface area contributed by atoms with Crippen molar-refractivity contribution in [2.45, 2.75) is 6.42 Å². The number of hydrogen-bond acceptors (Lipinski definition) is 2. The maximum Gasteiger partial charge on any atom is 0.228 e.